The fourth-order valence-corrected chi connectivity index (χ4v) is 6.14. The normalized spacial score (nSPS) is 20.7. The number of ether oxygens (including phenoxy) is 1. The first kappa shape index (κ1) is 21.3. The van der Waals surface area contributed by atoms with Crippen LogP contribution in [0.5, 0.6) is 5.75 Å². The van der Waals surface area contributed by atoms with E-state index in [2.05, 4.69) is 32.1 Å². The average Bonchev–Trinajstić information content (AvgIpc) is 3.59. The van der Waals surface area contributed by atoms with E-state index >= 15 is 0 Å². The van der Waals surface area contributed by atoms with Crippen LogP contribution in [0.2, 0.25) is 0 Å². The monoisotopic (exact) mass is 477 g/mol. The number of pyridine rings is 2. The zero-order valence-corrected chi connectivity index (χ0v) is 20.4. The van der Waals surface area contributed by atoms with Gasteiger partial charge in [0.2, 0.25) is 0 Å². The molecule has 1 atom stereocenters. The number of anilines is 2. The van der Waals surface area contributed by atoms with Gasteiger partial charge in [-0.2, -0.15) is 0 Å². The fraction of sp³-hybridized carbons (Fsp3) is 0.417. The predicted octanol–water partition coefficient (Wildman–Crippen LogP) is 3.58. The highest BCUT2D eigenvalue weighted by atomic mass is 32.1. The summed E-state index contributed by atoms with van der Waals surface area (Å²) in [6.07, 6.45) is 7.40. The van der Waals surface area contributed by atoms with Gasteiger partial charge in [-0.25, -0.2) is 15.0 Å². The molecule has 2 fully saturated rings. The van der Waals surface area contributed by atoms with E-state index in [1.54, 1.807) is 13.2 Å². The molecule has 9 nitrogen and oxygen atoms in total. The molecule has 0 radical (unpaired) electrons. The number of nitrogens with zero attached hydrogens (tertiary/aromatic N) is 6. The van der Waals surface area contributed by atoms with Gasteiger partial charge in [0.1, 0.15) is 16.2 Å². The second-order valence-electron chi connectivity index (χ2n) is 9.30. The van der Waals surface area contributed by atoms with Crippen LogP contribution < -0.4 is 15.0 Å². The third kappa shape index (κ3) is 3.48. The number of hydrogen-bond donors (Lipinski definition) is 1. The van der Waals surface area contributed by atoms with E-state index in [0.717, 1.165) is 34.9 Å². The SMILES string of the molecule is COc1cc(NC(=O)c2nc3ccc(N4CCC5(CCCN5C)C4)nc3s2)cn2cc(C)nc12. The molecule has 10 heteroatoms. The van der Waals surface area contributed by atoms with Crippen molar-refractivity contribution in [3.8, 4) is 5.75 Å². The smallest absolute Gasteiger partial charge is 0.284 e. The first-order valence-corrected chi connectivity index (χ1v) is 12.3. The van der Waals surface area contributed by atoms with Crippen molar-refractivity contribution in [1.82, 2.24) is 24.3 Å². The molecular weight excluding hydrogens is 450 g/mol. The Morgan fingerprint density at radius 2 is 2.06 bits per heavy atom. The van der Waals surface area contributed by atoms with Gasteiger partial charge in [0.15, 0.2) is 16.4 Å². The number of fused-ring (bicyclic) bond motifs is 2. The van der Waals surface area contributed by atoms with E-state index in [9.17, 15) is 4.79 Å². The second-order valence-corrected chi connectivity index (χ2v) is 10.3. The molecule has 4 aromatic heterocycles. The van der Waals surface area contributed by atoms with Crippen LogP contribution in [0, 0.1) is 6.92 Å². The fourth-order valence-electron chi connectivity index (χ4n) is 5.31. The molecule has 1 unspecified atom stereocenters. The van der Waals surface area contributed by atoms with Crippen LogP contribution in [0.3, 0.4) is 0 Å². The van der Waals surface area contributed by atoms with Gasteiger partial charge in [0.25, 0.3) is 5.91 Å². The van der Waals surface area contributed by atoms with Crippen molar-refractivity contribution in [2.24, 2.45) is 0 Å². The zero-order chi connectivity index (χ0) is 23.4. The molecule has 0 saturated carbocycles. The van der Waals surface area contributed by atoms with Crippen molar-refractivity contribution in [3.63, 3.8) is 0 Å². The summed E-state index contributed by atoms with van der Waals surface area (Å²) in [5.74, 6) is 1.29. The zero-order valence-electron chi connectivity index (χ0n) is 19.5. The quantitative estimate of drug-likeness (QED) is 0.481. The molecule has 4 aromatic rings. The van der Waals surface area contributed by atoms with Gasteiger partial charge >= 0.3 is 0 Å². The van der Waals surface area contributed by atoms with Crippen LogP contribution in [-0.2, 0) is 0 Å². The summed E-state index contributed by atoms with van der Waals surface area (Å²) in [4.78, 5) is 32.5. The summed E-state index contributed by atoms with van der Waals surface area (Å²) in [6, 6.07) is 5.77. The molecule has 0 aromatic carbocycles. The van der Waals surface area contributed by atoms with Crippen LogP contribution in [-0.4, -0.2) is 69.5 Å². The molecule has 34 heavy (non-hydrogen) atoms. The third-order valence-corrected chi connectivity index (χ3v) is 8.12. The van der Waals surface area contributed by atoms with Crippen molar-refractivity contribution in [2.45, 2.75) is 31.7 Å². The number of hydrogen-bond acceptors (Lipinski definition) is 8. The number of aromatic nitrogens is 4. The summed E-state index contributed by atoms with van der Waals surface area (Å²) in [5, 5.41) is 3.32. The van der Waals surface area contributed by atoms with Gasteiger partial charge < -0.3 is 19.4 Å². The molecule has 2 aliphatic heterocycles. The summed E-state index contributed by atoms with van der Waals surface area (Å²) >= 11 is 1.32. The molecular formula is C24H27N7O2S. The molecule has 176 valence electrons. The summed E-state index contributed by atoms with van der Waals surface area (Å²) in [7, 11) is 3.83. The molecule has 0 bridgehead atoms. The highest BCUT2D eigenvalue weighted by molar-refractivity contribution is 7.20. The molecule has 2 aliphatic rings. The Morgan fingerprint density at radius 1 is 1.18 bits per heavy atom. The first-order valence-electron chi connectivity index (χ1n) is 11.5. The van der Waals surface area contributed by atoms with Crippen LogP contribution in [0.1, 0.15) is 34.8 Å². The van der Waals surface area contributed by atoms with Gasteiger partial charge in [0.05, 0.1) is 18.5 Å². The van der Waals surface area contributed by atoms with Crippen LogP contribution >= 0.6 is 11.3 Å². The number of amides is 1. The lowest BCUT2D eigenvalue weighted by molar-refractivity contribution is 0.102. The molecule has 1 amide bonds. The maximum absolute atomic E-state index is 13.0. The Hall–Kier alpha value is -3.24. The van der Waals surface area contributed by atoms with Gasteiger partial charge in [-0.15, -0.1) is 0 Å². The summed E-state index contributed by atoms with van der Waals surface area (Å²) in [5.41, 5.74) is 3.22. The minimum Gasteiger partial charge on any atom is -0.493 e. The number of thiazole rings is 1. The number of carbonyl (C=O) groups is 1. The molecule has 2 saturated heterocycles. The number of likely N-dealkylation sites (tertiary alicyclic amines) is 1. The van der Waals surface area contributed by atoms with Gasteiger partial charge in [0, 0.05) is 37.1 Å². The largest absolute Gasteiger partial charge is 0.493 e. The number of methoxy groups -OCH3 is 1. The third-order valence-electron chi connectivity index (χ3n) is 7.15. The highest BCUT2D eigenvalue weighted by Crippen LogP contribution is 2.38. The van der Waals surface area contributed by atoms with Crippen molar-refractivity contribution in [3.05, 3.63) is 41.3 Å². The number of aryl methyl sites for hydroxylation is 1. The molecule has 6 heterocycles. The van der Waals surface area contributed by atoms with Crippen LogP contribution in [0.15, 0.2) is 30.6 Å². The molecule has 1 N–H and O–H groups in total. The van der Waals surface area contributed by atoms with E-state index in [-0.39, 0.29) is 11.4 Å². The standard InChI is InChI=1S/C24H27N7O2S/c1-15-12-31-13-16(11-18(33-3)20(31)25-15)26-21(32)23-27-17-5-6-19(28-22(17)34-23)30-10-8-24(14-30)7-4-9-29(24)2/h5-6,11-13H,4,7-10,14H2,1-3H3,(H,26,32). The van der Waals surface area contributed by atoms with Crippen LogP contribution in [0.25, 0.3) is 16.0 Å². The van der Waals surface area contributed by atoms with Crippen LogP contribution in [0.4, 0.5) is 11.5 Å². The van der Waals surface area contributed by atoms with Crippen molar-refractivity contribution in [1.29, 1.82) is 0 Å². The second kappa shape index (κ2) is 7.92. The predicted molar refractivity (Wildman–Crippen MR) is 133 cm³/mol. The number of likely N-dealkylation sites (N-methyl/N-ethyl adjacent to an activating group) is 1. The lowest BCUT2D eigenvalue weighted by Gasteiger charge is -2.32. The van der Waals surface area contributed by atoms with Crippen molar-refractivity contribution in [2.75, 3.05) is 44.0 Å². The Morgan fingerprint density at radius 3 is 2.85 bits per heavy atom. The Labute approximate surface area is 201 Å². The van der Waals surface area contributed by atoms with Crippen molar-refractivity contribution >= 4 is 44.7 Å². The maximum atomic E-state index is 13.0. The number of carbonyl (C=O) groups excluding carboxylic acids is 1. The Kier molecular flexibility index (Phi) is 4.96. The Balaban J connectivity index is 1.23. The lowest BCUT2D eigenvalue weighted by atomic mass is 9.96. The minimum atomic E-state index is -0.268. The molecule has 0 aliphatic carbocycles. The van der Waals surface area contributed by atoms with Crippen molar-refractivity contribution < 1.29 is 9.53 Å². The molecule has 1 spiro atoms. The van der Waals surface area contributed by atoms with Gasteiger partial charge in [-0.05, 0) is 51.9 Å². The number of rotatable bonds is 4. The topological polar surface area (TPSA) is 87.9 Å². The van der Waals surface area contributed by atoms with E-state index in [1.165, 1.54) is 37.1 Å². The highest BCUT2D eigenvalue weighted by Gasteiger charge is 2.44. The van der Waals surface area contributed by atoms with Gasteiger partial charge in [-0.3, -0.25) is 9.69 Å². The average molecular weight is 478 g/mol. The number of nitrogens with one attached hydrogen (secondary N) is 1. The van der Waals surface area contributed by atoms with E-state index in [4.69, 9.17) is 9.72 Å². The first-order chi connectivity index (χ1) is 16.4. The lowest BCUT2D eigenvalue weighted by Crippen LogP contribution is -2.43. The van der Waals surface area contributed by atoms with E-state index in [1.807, 2.05) is 35.9 Å². The molecule has 6 rings (SSSR count). The number of imidazole rings is 1. The van der Waals surface area contributed by atoms with Gasteiger partial charge in [-0.1, -0.05) is 11.3 Å². The summed E-state index contributed by atoms with van der Waals surface area (Å²) in [6.45, 7) is 5.10. The van der Waals surface area contributed by atoms with E-state index in [0.29, 0.717) is 22.1 Å². The minimum absolute atomic E-state index is 0.268. The van der Waals surface area contributed by atoms with E-state index < -0.39 is 0 Å². The summed E-state index contributed by atoms with van der Waals surface area (Å²) < 4.78 is 7.30. The Bertz CT molecular complexity index is 1410. The maximum Gasteiger partial charge on any atom is 0.284 e.